The van der Waals surface area contributed by atoms with Gasteiger partial charge in [-0.15, -0.1) is 0 Å². The first-order valence-electron chi connectivity index (χ1n) is 7.57. The minimum atomic E-state index is -0.540. The standard InChI is InChI=1S/C16H21ClN2O3/c1-16(2,3)22-15(21)19-11-7-13(20)12(19)6-10(11)9-4-5-14(17)18-8-9/h4-5,8,10-13,20H,6-7H2,1-3H3. The second-order valence-corrected chi connectivity index (χ2v) is 7.47. The number of carbonyl (C=O) groups is 1. The van der Waals surface area contributed by atoms with Crippen LogP contribution >= 0.6 is 11.6 Å². The van der Waals surface area contributed by atoms with Crippen LogP contribution in [0.25, 0.3) is 0 Å². The molecule has 6 heteroatoms. The summed E-state index contributed by atoms with van der Waals surface area (Å²) in [4.78, 5) is 18.3. The van der Waals surface area contributed by atoms with Crippen molar-refractivity contribution < 1.29 is 14.6 Å². The zero-order chi connectivity index (χ0) is 16.1. The molecule has 120 valence electrons. The van der Waals surface area contributed by atoms with E-state index in [1.165, 1.54) is 0 Å². The lowest BCUT2D eigenvalue weighted by Gasteiger charge is -2.28. The van der Waals surface area contributed by atoms with Crippen molar-refractivity contribution in [1.82, 2.24) is 9.88 Å². The summed E-state index contributed by atoms with van der Waals surface area (Å²) in [6, 6.07) is 3.48. The molecule has 1 aromatic heterocycles. The van der Waals surface area contributed by atoms with Crippen molar-refractivity contribution in [2.75, 3.05) is 0 Å². The molecule has 2 aliphatic heterocycles. The fourth-order valence-corrected chi connectivity index (χ4v) is 3.66. The van der Waals surface area contributed by atoms with E-state index in [-0.39, 0.29) is 24.1 Å². The van der Waals surface area contributed by atoms with Crippen molar-refractivity contribution >= 4 is 17.7 Å². The lowest BCUT2D eigenvalue weighted by Crippen LogP contribution is -2.41. The van der Waals surface area contributed by atoms with E-state index in [0.29, 0.717) is 11.6 Å². The maximum atomic E-state index is 12.5. The van der Waals surface area contributed by atoms with Crippen LogP contribution in [0.5, 0.6) is 0 Å². The van der Waals surface area contributed by atoms with E-state index < -0.39 is 11.7 Å². The molecule has 0 spiro atoms. The minimum Gasteiger partial charge on any atom is -0.444 e. The SMILES string of the molecule is CC(C)(C)OC(=O)N1C2CC(c3ccc(Cl)nc3)C1CC2O. The number of aliphatic hydroxyl groups is 1. The zero-order valence-electron chi connectivity index (χ0n) is 13.0. The van der Waals surface area contributed by atoms with E-state index >= 15 is 0 Å². The molecule has 2 bridgehead atoms. The molecule has 1 aromatic rings. The number of hydrogen-bond acceptors (Lipinski definition) is 4. The maximum Gasteiger partial charge on any atom is 0.410 e. The number of ether oxygens (including phenoxy) is 1. The lowest BCUT2D eigenvalue weighted by molar-refractivity contribution is 0.0169. The smallest absolute Gasteiger partial charge is 0.410 e. The van der Waals surface area contributed by atoms with E-state index in [1.807, 2.05) is 26.8 Å². The summed E-state index contributed by atoms with van der Waals surface area (Å²) in [6.07, 6.45) is 2.25. The summed E-state index contributed by atoms with van der Waals surface area (Å²) in [5.74, 6) is 0.172. The van der Waals surface area contributed by atoms with Gasteiger partial charge in [0.05, 0.1) is 12.1 Å². The summed E-state index contributed by atoms with van der Waals surface area (Å²) < 4.78 is 5.49. The van der Waals surface area contributed by atoms with Crippen LogP contribution in [0.4, 0.5) is 4.79 Å². The highest BCUT2D eigenvalue weighted by Crippen LogP contribution is 2.47. The molecule has 4 atom stereocenters. The first-order valence-corrected chi connectivity index (χ1v) is 7.95. The van der Waals surface area contributed by atoms with Crippen LogP contribution in [0.3, 0.4) is 0 Å². The molecule has 4 unspecified atom stereocenters. The number of amides is 1. The molecule has 0 saturated carbocycles. The van der Waals surface area contributed by atoms with Crippen molar-refractivity contribution in [2.45, 2.75) is 63.3 Å². The summed E-state index contributed by atoms with van der Waals surface area (Å²) in [6.45, 7) is 5.54. The molecular weight excluding hydrogens is 304 g/mol. The normalized spacial score (nSPS) is 30.7. The van der Waals surface area contributed by atoms with Gasteiger partial charge in [0, 0.05) is 18.2 Å². The number of carbonyl (C=O) groups excluding carboxylic acids is 1. The molecule has 1 amide bonds. The Kier molecular flexibility index (Phi) is 3.81. The molecule has 0 aliphatic carbocycles. The van der Waals surface area contributed by atoms with Crippen LogP contribution in [-0.2, 0) is 4.74 Å². The highest BCUT2D eigenvalue weighted by Gasteiger charge is 2.54. The molecule has 2 saturated heterocycles. The fraction of sp³-hybridized carbons (Fsp3) is 0.625. The number of rotatable bonds is 1. The molecule has 0 aromatic carbocycles. The van der Waals surface area contributed by atoms with E-state index in [4.69, 9.17) is 16.3 Å². The van der Waals surface area contributed by atoms with E-state index in [1.54, 1.807) is 17.2 Å². The number of halogens is 1. The second-order valence-electron chi connectivity index (χ2n) is 7.08. The van der Waals surface area contributed by atoms with Crippen LogP contribution in [0.2, 0.25) is 5.15 Å². The third-order valence-electron chi connectivity index (χ3n) is 4.38. The largest absolute Gasteiger partial charge is 0.444 e. The van der Waals surface area contributed by atoms with Gasteiger partial charge >= 0.3 is 6.09 Å². The van der Waals surface area contributed by atoms with Gasteiger partial charge in [0.2, 0.25) is 0 Å². The molecule has 1 N–H and O–H groups in total. The molecular formula is C16H21ClN2O3. The maximum absolute atomic E-state index is 12.5. The van der Waals surface area contributed by atoms with Crippen LogP contribution in [0.1, 0.15) is 45.1 Å². The van der Waals surface area contributed by atoms with E-state index in [2.05, 4.69) is 4.98 Å². The predicted molar refractivity (Wildman–Crippen MR) is 82.9 cm³/mol. The van der Waals surface area contributed by atoms with Crippen LogP contribution in [0, 0.1) is 0 Å². The van der Waals surface area contributed by atoms with Gasteiger partial charge in [0.25, 0.3) is 0 Å². The van der Waals surface area contributed by atoms with Crippen LogP contribution < -0.4 is 0 Å². The highest BCUT2D eigenvalue weighted by molar-refractivity contribution is 6.29. The van der Waals surface area contributed by atoms with Gasteiger partial charge in [-0.3, -0.25) is 4.90 Å². The number of aliphatic hydroxyl groups excluding tert-OH is 1. The van der Waals surface area contributed by atoms with Gasteiger partial charge in [-0.05, 0) is 45.2 Å². The van der Waals surface area contributed by atoms with E-state index in [9.17, 15) is 9.90 Å². The zero-order valence-corrected chi connectivity index (χ0v) is 13.7. The molecule has 2 fully saturated rings. The third kappa shape index (κ3) is 2.79. The topological polar surface area (TPSA) is 62.7 Å². The van der Waals surface area contributed by atoms with Gasteiger partial charge in [-0.25, -0.2) is 9.78 Å². The first-order chi connectivity index (χ1) is 10.3. The Hall–Kier alpha value is -1.33. The Morgan fingerprint density at radius 3 is 2.68 bits per heavy atom. The number of pyridine rings is 1. The van der Waals surface area contributed by atoms with Crippen molar-refractivity contribution in [2.24, 2.45) is 0 Å². The van der Waals surface area contributed by atoms with E-state index in [0.717, 1.165) is 12.0 Å². The average Bonchev–Trinajstić information content (AvgIpc) is 2.91. The van der Waals surface area contributed by atoms with Crippen molar-refractivity contribution in [3.63, 3.8) is 0 Å². The first kappa shape index (κ1) is 15.6. The Morgan fingerprint density at radius 1 is 1.36 bits per heavy atom. The van der Waals surface area contributed by atoms with Crippen molar-refractivity contribution in [1.29, 1.82) is 0 Å². The third-order valence-corrected chi connectivity index (χ3v) is 4.61. The van der Waals surface area contributed by atoms with Gasteiger partial charge in [0.15, 0.2) is 0 Å². The highest BCUT2D eigenvalue weighted by atomic mass is 35.5. The van der Waals surface area contributed by atoms with Gasteiger partial charge in [-0.1, -0.05) is 17.7 Å². The predicted octanol–water partition coefficient (Wildman–Crippen LogP) is 2.96. The lowest BCUT2D eigenvalue weighted by atomic mass is 9.83. The number of fused-ring (bicyclic) bond motifs is 2. The fourth-order valence-electron chi connectivity index (χ4n) is 3.55. The Labute approximate surface area is 135 Å². The van der Waals surface area contributed by atoms with Crippen LogP contribution in [0.15, 0.2) is 18.3 Å². The van der Waals surface area contributed by atoms with Gasteiger partial charge in [0.1, 0.15) is 10.8 Å². The number of aromatic nitrogens is 1. The van der Waals surface area contributed by atoms with Gasteiger partial charge < -0.3 is 9.84 Å². The molecule has 5 nitrogen and oxygen atoms in total. The average molecular weight is 325 g/mol. The Morgan fingerprint density at radius 2 is 2.09 bits per heavy atom. The molecule has 3 heterocycles. The quantitative estimate of drug-likeness (QED) is 0.807. The Balaban J connectivity index is 1.82. The minimum absolute atomic E-state index is 0.0437. The summed E-state index contributed by atoms with van der Waals surface area (Å²) in [5.41, 5.74) is 0.513. The molecule has 2 aliphatic rings. The second kappa shape index (κ2) is 5.39. The molecule has 0 radical (unpaired) electrons. The molecule has 3 rings (SSSR count). The van der Waals surface area contributed by atoms with Crippen LogP contribution in [-0.4, -0.2) is 44.9 Å². The number of hydrogen-bond donors (Lipinski definition) is 1. The Bertz CT molecular complexity index is 570. The number of nitrogens with zero attached hydrogens (tertiary/aromatic N) is 2. The van der Waals surface area contributed by atoms with Crippen molar-refractivity contribution in [3.8, 4) is 0 Å². The summed E-state index contributed by atoms with van der Waals surface area (Å²) >= 11 is 5.84. The molecule has 22 heavy (non-hydrogen) atoms. The summed E-state index contributed by atoms with van der Waals surface area (Å²) in [5, 5.41) is 10.6. The monoisotopic (exact) mass is 324 g/mol. The van der Waals surface area contributed by atoms with Gasteiger partial charge in [-0.2, -0.15) is 0 Å². The van der Waals surface area contributed by atoms with Crippen molar-refractivity contribution in [3.05, 3.63) is 29.0 Å². The summed E-state index contributed by atoms with van der Waals surface area (Å²) in [7, 11) is 0.